The third kappa shape index (κ3) is 5.73. The number of rotatable bonds is 6. The highest BCUT2D eigenvalue weighted by Crippen LogP contribution is 2.11. The molecule has 0 spiro atoms. The number of hydrogen-bond donors (Lipinski definition) is 2. The number of nitrogen functional groups attached to an aromatic ring is 1. The molecule has 1 heterocycles. The van der Waals surface area contributed by atoms with E-state index in [1.807, 2.05) is 42.8 Å². The normalized spacial score (nSPS) is 12.7. The molecule has 0 amide bonds. The van der Waals surface area contributed by atoms with Crippen molar-refractivity contribution >= 4 is 18.5 Å². The third-order valence-corrected chi connectivity index (χ3v) is 4.14. The number of benzene rings is 1. The number of nitrogens with one attached hydrogen (secondary N) is 1. The molecule has 0 radical (unpaired) electrons. The molecule has 1 aromatic heterocycles. The minimum Gasteiger partial charge on any atom is -0.384 e. The van der Waals surface area contributed by atoms with Crippen LogP contribution in [0.5, 0.6) is 0 Å². The van der Waals surface area contributed by atoms with Crippen molar-refractivity contribution in [2.45, 2.75) is 40.7 Å². The Kier molecular flexibility index (Phi) is 8.56. The maximum Gasteiger partial charge on any atom is 0.128 e. The lowest BCUT2D eigenvalue weighted by atomic mass is 10.1. The summed E-state index contributed by atoms with van der Waals surface area (Å²) in [7, 11) is 0. The lowest BCUT2D eigenvalue weighted by molar-refractivity contribution is 0.597. The molecule has 3 nitrogen and oxygen atoms in total. The van der Waals surface area contributed by atoms with Gasteiger partial charge >= 0.3 is 0 Å². The predicted octanol–water partition coefficient (Wildman–Crippen LogP) is 3.78. The Bertz CT molecular complexity index is 862. The van der Waals surface area contributed by atoms with Crippen LogP contribution in [-0.4, -0.2) is 10.4 Å². The predicted molar refractivity (Wildman–Crippen MR) is 110 cm³/mol. The van der Waals surface area contributed by atoms with E-state index in [9.17, 15) is 4.39 Å². The van der Waals surface area contributed by atoms with E-state index in [0.717, 1.165) is 17.0 Å². The van der Waals surface area contributed by atoms with E-state index in [1.54, 1.807) is 12.1 Å². The second-order valence-electron chi connectivity index (χ2n) is 6.01. The largest absolute Gasteiger partial charge is 0.384 e. The number of amidine groups is 1. The molecular formula is C22H30FN3. The van der Waals surface area contributed by atoms with Gasteiger partial charge in [-0.2, -0.15) is 0 Å². The van der Waals surface area contributed by atoms with Crippen LogP contribution in [0.2, 0.25) is 0 Å². The highest BCUT2D eigenvalue weighted by Gasteiger charge is 2.06. The van der Waals surface area contributed by atoms with Gasteiger partial charge in [-0.15, -0.1) is 0 Å². The van der Waals surface area contributed by atoms with Crippen LogP contribution in [0.4, 0.5) is 4.39 Å². The Morgan fingerprint density at radius 2 is 2.04 bits per heavy atom. The highest BCUT2D eigenvalue weighted by molar-refractivity contribution is 5.94. The van der Waals surface area contributed by atoms with Crippen molar-refractivity contribution in [3.63, 3.8) is 0 Å². The van der Waals surface area contributed by atoms with Crippen molar-refractivity contribution < 1.29 is 4.39 Å². The molecule has 26 heavy (non-hydrogen) atoms. The molecule has 0 saturated heterocycles. The molecule has 0 bridgehead atoms. The van der Waals surface area contributed by atoms with Gasteiger partial charge in [0.25, 0.3) is 0 Å². The average molecular weight is 356 g/mol. The van der Waals surface area contributed by atoms with Crippen molar-refractivity contribution in [3.05, 3.63) is 70.1 Å². The molecule has 3 N–H and O–H groups in total. The number of nitrogens with zero attached hydrogens (tertiary/aromatic N) is 1. The van der Waals surface area contributed by atoms with Gasteiger partial charge in [0.15, 0.2) is 0 Å². The van der Waals surface area contributed by atoms with Gasteiger partial charge in [0, 0.05) is 22.7 Å². The van der Waals surface area contributed by atoms with Gasteiger partial charge < -0.3 is 10.3 Å². The van der Waals surface area contributed by atoms with Crippen molar-refractivity contribution in [1.82, 2.24) is 4.57 Å². The number of nitrogens with two attached hydrogens (primary N) is 1. The second-order valence-corrected chi connectivity index (χ2v) is 6.01. The summed E-state index contributed by atoms with van der Waals surface area (Å²) in [6.45, 7) is 12.8. The summed E-state index contributed by atoms with van der Waals surface area (Å²) in [6.07, 6.45) is 9.19. The number of allylic oxidation sites excluding steroid dienone is 2. The first-order valence-electron chi connectivity index (χ1n) is 9.07. The minimum atomic E-state index is -0.358. The number of halogens is 1. The maximum absolute atomic E-state index is 14.2. The van der Waals surface area contributed by atoms with Gasteiger partial charge in [0.2, 0.25) is 0 Å². The Hall–Kier alpha value is -2.62. The fourth-order valence-electron chi connectivity index (χ4n) is 2.37. The topological polar surface area (TPSA) is 54.8 Å². The van der Waals surface area contributed by atoms with E-state index in [1.165, 1.54) is 6.07 Å². The molecule has 1 unspecified atom stereocenters. The van der Waals surface area contributed by atoms with Gasteiger partial charge in [-0.25, -0.2) is 4.39 Å². The molecule has 2 aromatic rings. The van der Waals surface area contributed by atoms with E-state index >= 15 is 0 Å². The molecular weight excluding hydrogens is 325 g/mol. The van der Waals surface area contributed by atoms with Crippen LogP contribution in [0.25, 0.3) is 12.7 Å². The summed E-state index contributed by atoms with van der Waals surface area (Å²) in [4.78, 5) is 0. The van der Waals surface area contributed by atoms with Crippen molar-refractivity contribution in [1.29, 1.82) is 5.41 Å². The third-order valence-electron chi connectivity index (χ3n) is 4.14. The molecule has 1 aromatic carbocycles. The van der Waals surface area contributed by atoms with E-state index in [0.29, 0.717) is 23.6 Å². The zero-order valence-corrected chi connectivity index (χ0v) is 16.2. The van der Waals surface area contributed by atoms with Crippen molar-refractivity contribution in [2.24, 2.45) is 11.7 Å². The summed E-state index contributed by atoms with van der Waals surface area (Å²) in [5.41, 5.74) is 6.34. The van der Waals surface area contributed by atoms with E-state index < -0.39 is 0 Å². The lowest BCUT2D eigenvalue weighted by Crippen LogP contribution is -2.28. The maximum atomic E-state index is 14.2. The Morgan fingerprint density at radius 3 is 2.62 bits per heavy atom. The van der Waals surface area contributed by atoms with Crippen LogP contribution in [0.1, 0.15) is 45.2 Å². The van der Waals surface area contributed by atoms with E-state index in [4.69, 9.17) is 11.1 Å². The van der Waals surface area contributed by atoms with Gasteiger partial charge in [0.1, 0.15) is 11.7 Å². The Labute approximate surface area is 155 Å². The Morgan fingerprint density at radius 1 is 1.35 bits per heavy atom. The first-order chi connectivity index (χ1) is 12.4. The number of aromatic nitrogens is 1. The molecule has 0 aliphatic heterocycles. The number of hydrogen-bond acceptors (Lipinski definition) is 1. The van der Waals surface area contributed by atoms with Crippen molar-refractivity contribution in [3.8, 4) is 0 Å². The van der Waals surface area contributed by atoms with Crippen LogP contribution in [-0.2, 0) is 6.54 Å². The van der Waals surface area contributed by atoms with Crippen LogP contribution < -0.4 is 16.3 Å². The summed E-state index contributed by atoms with van der Waals surface area (Å²) in [6, 6.07) is 6.57. The molecule has 0 saturated carbocycles. The fraction of sp³-hybridized carbons (Fsp3) is 0.318. The molecule has 2 rings (SSSR count). The van der Waals surface area contributed by atoms with Gasteiger partial charge in [-0.1, -0.05) is 65.0 Å². The van der Waals surface area contributed by atoms with Crippen LogP contribution in [0.15, 0.2) is 42.6 Å². The van der Waals surface area contributed by atoms with Crippen molar-refractivity contribution in [2.75, 3.05) is 0 Å². The van der Waals surface area contributed by atoms with Crippen LogP contribution in [0.3, 0.4) is 0 Å². The smallest absolute Gasteiger partial charge is 0.128 e. The minimum absolute atomic E-state index is 0.134. The monoisotopic (exact) mass is 355 g/mol. The molecule has 1 atom stereocenters. The fourth-order valence-corrected chi connectivity index (χ4v) is 2.37. The SMILES string of the molecule is C=c1ccn(Cc2ccc(C(=N)N)cc2F)/c1=C/C=C\C(C)CC.CC. The zero-order valence-electron chi connectivity index (χ0n) is 16.2. The molecule has 0 aliphatic carbocycles. The summed E-state index contributed by atoms with van der Waals surface area (Å²) in [5.74, 6) is 0.0308. The van der Waals surface area contributed by atoms with Crippen LogP contribution in [0, 0.1) is 17.1 Å². The summed E-state index contributed by atoms with van der Waals surface area (Å²) >= 11 is 0. The average Bonchev–Trinajstić information content (AvgIpc) is 2.98. The standard InChI is InChI=1S/C20H24FN3.C2H6/c1-4-14(2)6-5-7-19-15(3)10-11-24(19)13-17-9-8-16(20(22)23)12-18(17)21;1-2/h5-12,14H,3-4,13H2,1-2H3,(H3,22,23);1-2H3/b6-5-,19-7+;. The lowest BCUT2D eigenvalue weighted by Gasteiger charge is -2.07. The van der Waals surface area contributed by atoms with E-state index in [-0.39, 0.29) is 11.7 Å². The summed E-state index contributed by atoms with van der Waals surface area (Å²) in [5, 5.41) is 9.24. The first-order valence-corrected chi connectivity index (χ1v) is 9.07. The second kappa shape index (κ2) is 10.4. The van der Waals surface area contributed by atoms with E-state index in [2.05, 4.69) is 26.5 Å². The van der Waals surface area contributed by atoms with Gasteiger partial charge in [0.05, 0.1) is 6.54 Å². The van der Waals surface area contributed by atoms with Gasteiger partial charge in [-0.3, -0.25) is 5.41 Å². The molecule has 0 fully saturated rings. The molecule has 4 heteroatoms. The quantitative estimate of drug-likeness (QED) is 0.601. The highest BCUT2D eigenvalue weighted by atomic mass is 19.1. The van der Waals surface area contributed by atoms with Gasteiger partial charge in [-0.05, 0) is 29.3 Å². The first kappa shape index (κ1) is 21.4. The Balaban J connectivity index is 0.00000163. The molecule has 140 valence electrons. The van der Waals surface area contributed by atoms with Crippen LogP contribution >= 0.6 is 0 Å². The molecule has 0 aliphatic rings. The summed E-state index contributed by atoms with van der Waals surface area (Å²) < 4.78 is 16.2. The zero-order chi connectivity index (χ0) is 19.7.